The van der Waals surface area contributed by atoms with Gasteiger partial charge in [-0.25, -0.2) is 0 Å². The van der Waals surface area contributed by atoms with Crippen LogP contribution >= 0.6 is 0 Å². The highest BCUT2D eigenvalue weighted by molar-refractivity contribution is 5.75. The highest BCUT2D eigenvalue weighted by Crippen LogP contribution is 2.25. The lowest BCUT2D eigenvalue weighted by Crippen LogP contribution is -2.30. The largest absolute Gasteiger partial charge is 0.372 e. The molecule has 0 radical (unpaired) electrons. The van der Waals surface area contributed by atoms with Gasteiger partial charge < -0.3 is 4.90 Å². The first-order chi connectivity index (χ1) is 8.31. The summed E-state index contributed by atoms with van der Waals surface area (Å²) >= 11 is 0. The monoisotopic (exact) mass is 231 g/mol. The quantitative estimate of drug-likeness (QED) is 0.584. The van der Waals surface area contributed by atoms with Crippen LogP contribution in [0.3, 0.4) is 0 Å². The Labute approximate surface area is 104 Å². The Morgan fingerprint density at radius 3 is 2.18 bits per heavy atom. The molecule has 2 nitrogen and oxygen atoms in total. The molecule has 0 saturated heterocycles. The van der Waals surface area contributed by atoms with E-state index in [-0.39, 0.29) is 0 Å². The Hall–Kier alpha value is -1.31. The Balaban J connectivity index is 2.06. The predicted octanol–water partition coefficient (Wildman–Crippen LogP) is 3.66. The number of nitrogens with zero attached hydrogens (tertiary/aromatic N) is 1. The maximum atomic E-state index is 10.6. The molecule has 1 aromatic carbocycles. The van der Waals surface area contributed by atoms with Crippen LogP contribution in [-0.4, -0.2) is 19.4 Å². The van der Waals surface area contributed by atoms with Crippen LogP contribution in [-0.2, 0) is 0 Å². The highest BCUT2D eigenvalue weighted by Gasteiger charge is 2.16. The van der Waals surface area contributed by atoms with Crippen LogP contribution in [0.2, 0.25) is 0 Å². The van der Waals surface area contributed by atoms with Crippen molar-refractivity contribution in [1.82, 2.24) is 0 Å². The first-order valence-electron chi connectivity index (χ1n) is 6.59. The summed E-state index contributed by atoms with van der Waals surface area (Å²) in [5.74, 6) is 0. The Kier molecular flexibility index (Phi) is 4.18. The van der Waals surface area contributed by atoms with Gasteiger partial charge in [-0.2, -0.15) is 0 Å². The molecule has 2 rings (SSSR count). The minimum Gasteiger partial charge on any atom is -0.372 e. The molecule has 0 atom stereocenters. The van der Waals surface area contributed by atoms with Gasteiger partial charge in [0.1, 0.15) is 6.29 Å². The molecule has 0 heterocycles. The first-order valence-corrected chi connectivity index (χ1v) is 6.59. The number of hydrogen-bond acceptors (Lipinski definition) is 2. The van der Waals surface area contributed by atoms with Crippen molar-refractivity contribution in [2.24, 2.45) is 0 Å². The third-order valence-corrected chi connectivity index (χ3v) is 3.81. The number of rotatable bonds is 3. The van der Waals surface area contributed by atoms with E-state index in [1.54, 1.807) is 0 Å². The summed E-state index contributed by atoms with van der Waals surface area (Å²) in [5, 5.41) is 0. The fraction of sp³-hybridized carbons (Fsp3) is 0.533. The fourth-order valence-corrected chi connectivity index (χ4v) is 2.64. The molecule has 0 unspecified atom stereocenters. The van der Waals surface area contributed by atoms with Gasteiger partial charge >= 0.3 is 0 Å². The van der Waals surface area contributed by atoms with Gasteiger partial charge in [-0.05, 0) is 37.1 Å². The zero-order valence-corrected chi connectivity index (χ0v) is 10.6. The molecular formula is C15H21NO. The van der Waals surface area contributed by atoms with Crippen LogP contribution in [0.5, 0.6) is 0 Å². The molecular weight excluding hydrogens is 210 g/mol. The summed E-state index contributed by atoms with van der Waals surface area (Å²) in [6.45, 7) is 0. The molecule has 1 aliphatic carbocycles. The number of carbonyl (C=O) groups is 1. The molecule has 92 valence electrons. The van der Waals surface area contributed by atoms with Gasteiger partial charge in [0.15, 0.2) is 0 Å². The van der Waals surface area contributed by atoms with E-state index in [4.69, 9.17) is 0 Å². The third-order valence-electron chi connectivity index (χ3n) is 3.81. The highest BCUT2D eigenvalue weighted by atomic mass is 16.1. The number of benzene rings is 1. The van der Waals surface area contributed by atoms with Gasteiger partial charge in [-0.1, -0.05) is 25.7 Å². The fourth-order valence-electron chi connectivity index (χ4n) is 2.64. The average Bonchev–Trinajstić information content (AvgIpc) is 2.67. The van der Waals surface area contributed by atoms with Crippen molar-refractivity contribution in [3.63, 3.8) is 0 Å². The van der Waals surface area contributed by atoms with Gasteiger partial charge in [0.25, 0.3) is 0 Å². The molecule has 0 bridgehead atoms. The van der Waals surface area contributed by atoms with E-state index in [0.29, 0.717) is 6.04 Å². The second-order valence-corrected chi connectivity index (χ2v) is 4.97. The van der Waals surface area contributed by atoms with Gasteiger partial charge in [-0.15, -0.1) is 0 Å². The number of anilines is 1. The van der Waals surface area contributed by atoms with E-state index in [0.717, 1.165) is 11.8 Å². The Morgan fingerprint density at radius 1 is 1.06 bits per heavy atom. The van der Waals surface area contributed by atoms with Crippen molar-refractivity contribution in [2.45, 2.75) is 44.6 Å². The minimum atomic E-state index is 0.666. The minimum absolute atomic E-state index is 0.666. The number of aldehydes is 1. The van der Waals surface area contributed by atoms with Crippen molar-refractivity contribution < 1.29 is 4.79 Å². The lowest BCUT2D eigenvalue weighted by atomic mass is 10.1. The number of hydrogen-bond donors (Lipinski definition) is 0. The summed E-state index contributed by atoms with van der Waals surface area (Å²) < 4.78 is 0. The lowest BCUT2D eigenvalue weighted by Gasteiger charge is -2.29. The second-order valence-electron chi connectivity index (χ2n) is 4.97. The molecule has 0 aromatic heterocycles. The van der Waals surface area contributed by atoms with Gasteiger partial charge in [0.2, 0.25) is 0 Å². The molecule has 0 amide bonds. The van der Waals surface area contributed by atoms with E-state index in [2.05, 4.69) is 24.1 Å². The predicted molar refractivity (Wildman–Crippen MR) is 71.7 cm³/mol. The molecule has 1 aliphatic rings. The van der Waals surface area contributed by atoms with E-state index >= 15 is 0 Å². The maximum Gasteiger partial charge on any atom is 0.150 e. The van der Waals surface area contributed by atoms with Gasteiger partial charge in [0, 0.05) is 24.3 Å². The normalized spacial score (nSPS) is 17.5. The molecule has 1 aromatic rings. The Morgan fingerprint density at radius 2 is 1.65 bits per heavy atom. The van der Waals surface area contributed by atoms with Gasteiger partial charge in [-0.3, -0.25) is 4.79 Å². The van der Waals surface area contributed by atoms with Crippen molar-refractivity contribution in [3.8, 4) is 0 Å². The molecule has 2 heteroatoms. The maximum absolute atomic E-state index is 10.6. The van der Waals surface area contributed by atoms with Crippen LogP contribution in [0.1, 0.15) is 48.9 Å². The molecule has 17 heavy (non-hydrogen) atoms. The van der Waals surface area contributed by atoms with Crippen LogP contribution < -0.4 is 4.90 Å². The van der Waals surface area contributed by atoms with Crippen LogP contribution in [0.25, 0.3) is 0 Å². The van der Waals surface area contributed by atoms with Crippen molar-refractivity contribution >= 4 is 12.0 Å². The summed E-state index contributed by atoms with van der Waals surface area (Å²) in [5.41, 5.74) is 1.98. The number of carbonyl (C=O) groups excluding carboxylic acids is 1. The van der Waals surface area contributed by atoms with E-state index < -0.39 is 0 Å². The molecule has 0 spiro atoms. The molecule has 1 fully saturated rings. The van der Waals surface area contributed by atoms with E-state index in [9.17, 15) is 4.79 Å². The summed E-state index contributed by atoms with van der Waals surface area (Å²) in [6.07, 6.45) is 8.96. The zero-order valence-electron chi connectivity index (χ0n) is 10.6. The average molecular weight is 231 g/mol. The lowest BCUT2D eigenvalue weighted by molar-refractivity contribution is 0.112. The van der Waals surface area contributed by atoms with Crippen LogP contribution in [0.15, 0.2) is 24.3 Å². The topological polar surface area (TPSA) is 20.3 Å². The smallest absolute Gasteiger partial charge is 0.150 e. The van der Waals surface area contributed by atoms with E-state index in [1.807, 2.05) is 12.1 Å². The zero-order chi connectivity index (χ0) is 12.1. The van der Waals surface area contributed by atoms with E-state index in [1.165, 1.54) is 44.2 Å². The van der Waals surface area contributed by atoms with Crippen LogP contribution in [0.4, 0.5) is 5.69 Å². The summed E-state index contributed by atoms with van der Waals surface area (Å²) in [4.78, 5) is 13.0. The van der Waals surface area contributed by atoms with Crippen molar-refractivity contribution in [1.29, 1.82) is 0 Å². The third kappa shape index (κ3) is 3.09. The van der Waals surface area contributed by atoms with Crippen molar-refractivity contribution in [3.05, 3.63) is 29.8 Å². The van der Waals surface area contributed by atoms with Crippen LogP contribution in [0, 0.1) is 0 Å². The SMILES string of the molecule is CN(c1ccc(C=O)cc1)C1CCCCCC1. The first kappa shape index (κ1) is 12.2. The second kappa shape index (κ2) is 5.85. The standard InChI is InChI=1S/C15H21NO/c1-16(14-6-4-2-3-5-7-14)15-10-8-13(12-17)9-11-15/h8-12,14H,2-7H2,1H3. The summed E-state index contributed by atoms with van der Waals surface area (Å²) in [6, 6.07) is 8.56. The Bertz CT molecular complexity index is 350. The molecule has 0 N–H and O–H groups in total. The van der Waals surface area contributed by atoms with Gasteiger partial charge in [0.05, 0.1) is 0 Å². The molecule has 1 saturated carbocycles. The van der Waals surface area contributed by atoms with Crippen molar-refractivity contribution in [2.75, 3.05) is 11.9 Å². The summed E-state index contributed by atoms with van der Waals surface area (Å²) in [7, 11) is 2.17. The molecule has 0 aliphatic heterocycles.